The van der Waals surface area contributed by atoms with Gasteiger partial charge in [-0.15, -0.1) is 24.0 Å². The first kappa shape index (κ1) is 25.6. The fraction of sp³-hybridized carbons (Fsp3) is 0.609. The van der Waals surface area contributed by atoms with Crippen LogP contribution in [0.2, 0.25) is 0 Å². The summed E-state index contributed by atoms with van der Waals surface area (Å²) in [5.41, 5.74) is 1.03. The van der Waals surface area contributed by atoms with Gasteiger partial charge in [-0.25, -0.2) is 0 Å². The third-order valence-corrected chi connectivity index (χ3v) is 5.98. The predicted octanol–water partition coefficient (Wildman–Crippen LogP) is 2.96. The normalized spacial score (nSPS) is 21.5. The molecule has 31 heavy (non-hydrogen) atoms. The van der Waals surface area contributed by atoms with Crippen molar-refractivity contribution in [2.45, 2.75) is 52.6 Å². The number of nitrogens with zero attached hydrogens (tertiary/aromatic N) is 3. The Labute approximate surface area is 203 Å². The minimum Gasteiger partial charge on any atom is -0.357 e. The second kappa shape index (κ2) is 11.8. The highest BCUT2D eigenvalue weighted by molar-refractivity contribution is 14.0. The molecule has 172 valence electrons. The number of halogens is 1. The highest BCUT2D eigenvalue weighted by Gasteiger charge is 2.34. The number of likely N-dealkylation sites (tertiary alicyclic amines) is 1. The van der Waals surface area contributed by atoms with Gasteiger partial charge in [-0.05, 0) is 51.7 Å². The number of amides is 2. The monoisotopic (exact) mass is 541 g/mol. The minimum atomic E-state index is -0.181. The molecule has 1 aromatic carbocycles. The third kappa shape index (κ3) is 6.19. The summed E-state index contributed by atoms with van der Waals surface area (Å²) in [6.45, 7) is 12.9. The molecular formula is C23H36IN5O2. The number of aliphatic imine (C=N–C) groups is 1. The molecule has 2 aliphatic heterocycles. The quantitative estimate of drug-likeness (QED) is 0.174. The molecule has 0 aromatic heterocycles. The fourth-order valence-electron chi connectivity index (χ4n) is 4.12. The summed E-state index contributed by atoms with van der Waals surface area (Å²) in [6, 6.07) is 7.98. The molecule has 2 N–H and O–H groups in total. The van der Waals surface area contributed by atoms with Crippen LogP contribution in [0.1, 0.15) is 61.3 Å². The van der Waals surface area contributed by atoms with E-state index >= 15 is 0 Å². The topological polar surface area (TPSA) is 77.0 Å². The molecule has 0 aliphatic carbocycles. The molecule has 2 unspecified atom stereocenters. The predicted molar refractivity (Wildman–Crippen MR) is 135 cm³/mol. The van der Waals surface area contributed by atoms with Crippen LogP contribution < -0.4 is 10.6 Å². The Balaban J connectivity index is 0.00000341. The molecule has 2 aliphatic rings. The molecule has 7 nitrogen and oxygen atoms in total. The van der Waals surface area contributed by atoms with E-state index in [1.807, 2.05) is 0 Å². The van der Waals surface area contributed by atoms with Crippen LogP contribution >= 0.6 is 24.0 Å². The van der Waals surface area contributed by atoms with E-state index in [9.17, 15) is 9.59 Å². The molecule has 2 amide bonds. The lowest BCUT2D eigenvalue weighted by Gasteiger charge is -2.22. The van der Waals surface area contributed by atoms with E-state index in [4.69, 9.17) is 4.99 Å². The van der Waals surface area contributed by atoms with Gasteiger partial charge in [0.15, 0.2) is 5.96 Å². The highest BCUT2D eigenvalue weighted by atomic mass is 127. The number of fused-ring (bicyclic) bond motifs is 1. The van der Waals surface area contributed by atoms with Gasteiger partial charge in [0.05, 0.1) is 11.1 Å². The molecule has 1 saturated heterocycles. The van der Waals surface area contributed by atoms with Crippen LogP contribution in [-0.2, 0) is 0 Å². The molecule has 1 fully saturated rings. The number of unbranched alkanes of at least 4 members (excludes halogenated alkanes) is 1. The smallest absolute Gasteiger partial charge is 0.261 e. The Hall–Kier alpha value is -1.68. The summed E-state index contributed by atoms with van der Waals surface area (Å²) < 4.78 is 0. The van der Waals surface area contributed by atoms with Gasteiger partial charge in [-0.3, -0.25) is 24.4 Å². The molecular weight excluding hydrogens is 505 g/mol. The zero-order valence-electron chi connectivity index (χ0n) is 19.1. The number of nitrogens with one attached hydrogen (secondary N) is 2. The standard InChI is InChI=1S/C23H35N5O2.HI/c1-5-24-23(26-20-15-27(16(2)3)14-17(20)4)25-12-8-9-13-28-21(29)18-10-6-7-11-19(18)22(28)30;/h6-7,10-11,16-17,20H,5,8-9,12-15H2,1-4H3,(H2,24,25,26);1H. The first-order chi connectivity index (χ1) is 14.4. The van der Waals surface area contributed by atoms with E-state index < -0.39 is 0 Å². The SMILES string of the molecule is CCNC(=NCCCCN1C(=O)c2ccccc2C1=O)NC1CN(C(C)C)CC1C.I. The van der Waals surface area contributed by atoms with Crippen LogP contribution in [0.25, 0.3) is 0 Å². The maximum atomic E-state index is 12.4. The Bertz CT molecular complexity index is 763. The van der Waals surface area contributed by atoms with E-state index in [1.165, 1.54) is 4.90 Å². The molecule has 0 spiro atoms. The van der Waals surface area contributed by atoms with Crippen LogP contribution in [0.5, 0.6) is 0 Å². The number of carbonyl (C=O) groups is 2. The third-order valence-electron chi connectivity index (χ3n) is 5.98. The van der Waals surface area contributed by atoms with Gasteiger partial charge in [0.2, 0.25) is 0 Å². The van der Waals surface area contributed by atoms with Crippen molar-refractivity contribution in [3.05, 3.63) is 35.4 Å². The average Bonchev–Trinajstić information content (AvgIpc) is 3.21. The number of hydrogen-bond acceptors (Lipinski definition) is 4. The minimum absolute atomic E-state index is 0. The van der Waals surface area contributed by atoms with E-state index in [1.54, 1.807) is 24.3 Å². The first-order valence-electron chi connectivity index (χ1n) is 11.2. The van der Waals surface area contributed by atoms with E-state index in [0.717, 1.165) is 38.4 Å². The number of imide groups is 1. The molecule has 2 heterocycles. The van der Waals surface area contributed by atoms with Gasteiger partial charge < -0.3 is 10.6 Å². The largest absolute Gasteiger partial charge is 0.357 e. The Morgan fingerprint density at radius 1 is 1.13 bits per heavy atom. The van der Waals surface area contributed by atoms with Gasteiger partial charge in [0, 0.05) is 44.8 Å². The Morgan fingerprint density at radius 3 is 2.32 bits per heavy atom. The summed E-state index contributed by atoms with van der Waals surface area (Å²) in [5.74, 6) is 1.06. The molecule has 1 aromatic rings. The number of carbonyl (C=O) groups excluding carboxylic acids is 2. The van der Waals surface area contributed by atoms with Crippen molar-refractivity contribution in [1.29, 1.82) is 0 Å². The highest BCUT2D eigenvalue weighted by Crippen LogP contribution is 2.22. The van der Waals surface area contributed by atoms with Crippen LogP contribution in [0.4, 0.5) is 0 Å². The summed E-state index contributed by atoms with van der Waals surface area (Å²) in [4.78, 5) is 33.4. The first-order valence-corrected chi connectivity index (χ1v) is 11.2. The fourth-order valence-corrected chi connectivity index (χ4v) is 4.12. The van der Waals surface area contributed by atoms with Crippen LogP contribution in [-0.4, -0.2) is 72.4 Å². The summed E-state index contributed by atoms with van der Waals surface area (Å²) in [5, 5.41) is 6.92. The zero-order chi connectivity index (χ0) is 21.7. The van der Waals surface area contributed by atoms with Crippen molar-refractivity contribution < 1.29 is 9.59 Å². The number of guanidine groups is 1. The van der Waals surface area contributed by atoms with Gasteiger partial charge >= 0.3 is 0 Å². The van der Waals surface area contributed by atoms with Crippen molar-refractivity contribution in [1.82, 2.24) is 20.4 Å². The molecule has 0 bridgehead atoms. The van der Waals surface area contributed by atoms with Gasteiger partial charge in [-0.1, -0.05) is 19.1 Å². The molecule has 3 rings (SSSR count). The molecule has 0 radical (unpaired) electrons. The summed E-state index contributed by atoms with van der Waals surface area (Å²) in [6.07, 6.45) is 1.57. The summed E-state index contributed by atoms with van der Waals surface area (Å²) in [7, 11) is 0. The number of rotatable bonds is 8. The lowest BCUT2D eigenvalue weighted by Crippen LogP contribution is -2.46. The van der Waals surface area contributed by atoms with Crippen molar-refractivity contribution in [2.24, 2.45) is 10.9 Å². The van der Waals surface area contributed by atoms with Crippen molar-refractivity contribution in [3.8, 4) is 0 Å². The van der Waals surface area contributed by atoms with Crippen LogP contribution in [0.15, 0.2) is 29.3 Å². The van der Waals surface area contributed by atoms with E-state index in [-0.39, 0.29) is 35.8 Å². The van der Waals surface area contributed by atoms with E-state index in [0.29, 0.717) is 42.2 Å². The van der Waals surface area contributed by atoms with Crippen molar-refractivity contribution >= 4 is 41.8 Å². The Kier molecular flexibility index (Phi) is 9.74. The Morgan fingerprint density at radius 2 is 1.77 bits per heavy atom. The average molecular weight is 541 g/mol. The van der Waals surface area contributed by atoms with E-state index in [2.05, 4.69) is 43.2 Å². The van der Waals surface area contributed by atoms with Crippen molar-refractivity contribution in [2.75, 3.05) is 32.7 Å². The van der Waals surface area contributed by atoms with Gasteiger partial charge in [0.25, 0.3) is 11.8 Å². The molecule has 0 saturated carbocycles. The van der Waals surface area contributed by atoms with Gasteiger partial charge in [-0.2, -0.15) is 0 Å². The van der Waals surface area contributed by atoms with Crippen LogP contribution in [0, 0.1) is 5.92 Å². The van der Waals surface area contributed by atoms with Crippen molar-refractivity contribution in [3.63, 3.8) is 0 Å². The second-order valence-corrected chi connectivity index (χ2v) is 8.55. The zero-order valence-corrected chi connectivity index (χ0v) is 21.4. The lowest BCUT2D eigenvalue weighted by molar-refractivity contribution is 0.0652. The molecule has 2 atom stereocenters. The second-order valence-electron chi connectivity index (χ2n) is 8.55. The van der Waals surface area contributed by atoms with Crippen LogP contribution in [0.3, 0.4) is 0 Å². The maximum Gasteiger partial charge on any atom is 0.261 e. The lowest BCUT2D eigenvalue weighted by atomic mass is 10.1. The number of hydrogen-bond donors (Lipinski definition) is 2. The number of benzene rings is 1. The summed E-state index contributed by atoms with van der Waals surface area (Å²) >= 11 is 0. The maximum absolute atomic E-state index is 12.4. The molecule has 8 heteroatoms. The van der Waals surface area contributed by atoms with Gasteiger partial charge in [0.1, 0.15) is 0 Å².